The van der Waals surface area contributed by atoms with Gasteiger partial charge in [-0.2, -0.15) is 0 Å². The molecule has 1 aromatic heterocycles. The van der Waals surface area contributed by atoms with E-state index in [9.17, 15) is 4.79 Å². The molecule has 5 heteroatoms. The zero-order valence-electron chi connectivity index (χ0n) is 13.3. The Hall–Kier alpha value is -2.17. The number of nitrogens with zero attached hydrogens (tertiary/aromatic N) is 1. The Morgan fingerprint density at radius 1 is 1.12 bits per heavy atom. The predicted molar refractivity (Wildman–Crippen MR) is 101 cm³/mol. The summed E-state index contributed by atoms with van der Waals surface area (Å²) in [6.07, 6.45) is 1.98. The molecule has 0 atom stereocenters. The van der Waals surface area contributed by atoms with Gasteiger partial charge in [-0.25, -0.2) is 4.98 Å². The first-order chi connectivity index (χ1) is 11.7. The SMILES string of the molecule is CCCc1sc(NC(=O)c2ccc(Cl)cc2)nc1-c1ccccc1. The van der Waals surface area contributed by atoms with Gasteiger partial charge >= 0.3 is 0 Å². The number of anilines is 1. The largest absolute Gasteiger partial charge is 0.298 e. The lowest BCUT2D eigenvalue weighted by molar-refractivity contribution is 0.102. The van der Waals surface area contributed by atoms with Crippen molar-refractivity contribution in [1.82, 2.24) is 4.98 Å². The van der Waals surface area contributed by atoms with Crippen LogP contribution in [0.4, 0.5) is 5.13 Å². The third-order valence-corrected chi connectivity index (χ3v) is 4.83. The minimum Gasteiger partial charge on any atom is -0.298 e. The molecule has 0 saturated heterocycles. The zero-order valence-corrected chi connectivity index (χ0v) is 14.8. The highest BCUT2D eigenvalue weighted by molar-refractivity contribution is 7.16. The number of aromatic nitrogens is 1. The summed E-state index contributed by atoms with van der Waals surface area (Å²) >= 11 is 7.40. The van der Waals surface area contributed by atoms with Gasteiger partial charge in [-0.1, -0.05) is 55.3 Å². The average Bonchev–Trinajstić information content (AvgIpc) is 2.99. The minimum atomic E-state index is -0.178. The van der Waals surface area contributed by atoms with Gasteiger partial charge in [0.2, 0.25) is 0 Å². The molecule has 0 bridgehead atoms. The Bertz CT molecular complexity index is 828. The van der Waals surface area contributed by atoms with Crippen molar-refractivity contribution in [3.63, 3.8) is 0 Å². The predicted octanol–water partition coefficient (Wildman–Crippen LogP) is 5.67. The molecule has 0 spiro atoms. The second kappa shape index (κ2) is 7.60. The van der Waals surface area contributed by atoms with E-state index in [1.807, 2.05) is 30.3 Å². The number of hydrogen-bond donors (Lipinski definition) is 1. The van der Waals surface area contributed by atoms with Crippen molar-refractivity contribution in [2.45, 2.75) is 19.8 Å². The summed E-state index contributed by atoms with van der Waals surface area (Å²) < 4.78 is 0. The van der Waals surface area contributed by atoms with Crippen molar-refractivity contribution in [3.05, 3.63) is 70.1 Å². The minimum absolute atomic E-state index is 0.178. The van der Waals surface area contributed by atoms with Crippen LogP contribution in [0.5, 0.6) is 0 Å². The van der Waals surface area contributed by atoms with Crippen molar-refractivity contribution in [1.29, 1.82) is 0 Å². The van der Waals surface area contributed by atoms with E-state index in [1.165, 1.54) is 16.2 Å². The number of amides is 1. The summed E-state index contributed by atoms with van der Waals surface area (Å²) in [7, 11) is 0. The highest BCUT2D eigenvalue weighted by Crippen LogP contribution is 2.32. The van der Waals surface area contributed by atoms with Crippen LogP contribution in [0.2, 0.25) is 5.02 Å². The molecule has 0 aliphatic carbocycles. The number of hydrogen-bond acceptors (Lipinski definition) is 3. The topological polar surface area (TPSA) is 42.0 Å². The van der Waals surface area contributed by atoms with E-state index in [2.05, 4.69) is 17.2 Å². The molecule has 1 amide bonds. The molecule has 0 aliphatic heterocycles. The van der Waals surface area contributed by atoms with Gasteiger partial charge in [0.25, 0.3) is 5.91 Å². The molecule has 24 heavy (non-hydrogen) atoms. The molecular weight excluding hydrogens is 340 g/mol. The number of halogens is 1. The first kappa shape index (κ1) is 16.7. The normalized spacial score (nSPS) is 10.6. The lowest BCUT2D eigenvalue weighted by atomic mass is 10.1. The third-order valence-electron chi connectivity index (χ3n) is 3.55. The number of rotatable bonds is 5. The second-order valence-corrected chi connectivity index (χ2v) is 6.89. The quantitative estimate of drug-likeness (QED) is 0.640. The van der Waals surface area contributed by atoms with E-state index in [4.69, 9.17) is 11.6 Å². The number of benzene rings is 2. The van der Waals surface area contributed by atoms with Gasteiger partial charge in [0.05, 0.1) is 5.69 Å². The second-order valence-electron chi connectivity index (χ2n) is 5.37. The summed E-state index contributed by atoms with van der Waals surface area (Å²) in [6.45, 7) is 2.14. The Balaban J connectivity index is 1.86. The van der Waals surface area contributed by atoms with Gasteiger partial charge in [0, 0.05) is 21.0 Å². The fourth-order valence-corrected chi connectivity index (χ4v) is 3.60. The van der Waals surface area contributed by atoms with Crippen LogP contribution in [0.1, 0.15) is 28.6 Å². The van der Waals surface area contributed by atoms with Crippen molar-refractivity contribution >= 4 is 34.0 Å². The molecule has 0 saturated carbocycles. The Kier molecular flexibility index (Phi) is 5.28. The summed E-state index contributed by atoms with van der Waals surface area (Å²) in [5, 5.41) is 4.12. The summed E-state index contributed by atoms with van der Waals surface area (Å²) in [6, 6.07) is 16.9. The number of nitrogens with one attached hydrogen (secondary N) is 1. The fraction of sp³-hybridized carbons (Fsp3) is 0.158. The standard InChI is InChI=1S/C19H17ClN2OS/c1-2-6-16-17(13-7-4-3-5-8-13)21-19(24-16)22-18(23)14-9-11-15(20)12-10-14/h3-5,7-12H,2,6H2,1H3,(H,21,22,23). The molecule has 3 rings (SSSR count). The van der Waals surface area contributed by atoms with Crippen LogP contribution in [-0.4, -0.2) is 10.9 Å². The maximum atomic E-state index is 12.4. The fourth-order valence-electron chi connectivity index (χ4n) is 2.39. The first-order valence-corrected chi connectivity index (χ1v) is 8.99. The molecule has 1 N–H and O–H groups in total. The molecule has 0 aliphatic rings. The van der Waals surface area contributed by atoms with Gasteiger partial charge in [0.15, 0.2) is 5.13 Å². The van der Waals surface area contributed by atoms with E-state index in [1.54, 1.807) is 24.3 Å². The molecule has 122 valence electrons. The third kappa shape index (κ3) is 3.83. The van der Waals surface area contributed by atoms with Gasteiger partial charge in [-0.3, -0.25) is 10.1 Å². The molecule has 1 heterocycles. The van der Waals surface area contributed by atoms with Crippen LogP contribution in [0.3, 0.4) is 0 Å². The van der Waals surface area contributed by atoms with Crippen LogP contribution in [-0.2, 0) is 6.42 Å². The number of aryl methyl sites for hydroxylation is 1. The van der Waals surface area contributed by atoms with Crippen molar-refractivity contribution in [3.8, 4) is 11.3 Å². The summed E-state index contributed by atoms with van der Waals surface area (Å²) in [4.78, 5) is 18.2. The van der Waals surface area contributed by atoms with Gasteiger partial charge < -0.3 is 0 Å². The van der Waals surface area contributed by atoms with E-state index in [-0.39, 0.29) is 5.91 Å². The Morgan fingerprint density at radius 3 is 2.50 bits per heavy atom. The molecule has 0 fully saturated rings. The molecule has 3 nitrogen and oxygen atoms in total. The lowest BCUT2D eigenvalue weighted by Gasteiger charge is -2.01. The number of thiazole rings is 1. The molecule has 0 unspecified atom stereocenters. The van der Waals surface area contributed by atoms with E-state index < -0.39 is 0 Å². The van der Waals surface area contributed by atoms with E-state index in [0.29, 0.717) is 15.7 Å². The molecular formula is C19H17ClN2OS. The van der Waals surface area contributed by atoms with E-state index in [0.717, 1.165) is 24.1 Å². The maximum absolute atomic E-state index is 12.4. The zero-order chi connectivity index (χ0) is 16.9. The highest BCUT2D eigenvalue weighted by atomic mass is 35.5. The van der Waals surface area contributed by atoms with E-state index >= 15 is 0 Å². The van der Waals surface area contributed by atoms with Crippen molar-refractivity contribution < 1.29 is 4.79 Å². The summed E-state index contributed by atoms with van der Waals surface area (Å²) in [5.74, 6) is -0.178. The number of carbonyl (C=O) groups is 1. The highest BCUT2D eigenvalue weighted by Gasteiger charge is 2.15. The maximum Gasteiger partial charge on any atom is 0.257 e. The molecule has 0 radical (unpaired) electrons. The van der Waals surface area contributed by atoms with Crippen LogP contribution in [0.25, 0.3) is 11.3 Å². The van der Waals surface area contributed by atoms with Crippen molar-refractivity contribution in [2.24, 2.45) is 0 Å². The molecule has 2 aromatic carbocycles. The lowest BCUT2D eigenvalue weighted by Crippen LogP contribution is -2.11. The van der Waals surface area contributed by atoms with Gasteiger partial charge in [-0.15, -0.1) is 11.3 Å². The monoisotopic (exact) mass is 356 g/mol. The van der Waals surface area contributed by atoms with Crippen LogP contribution in [0.15, 0.2) is 54.6 Å². The average molecular weight is 357 g/mol. The smallest absolute Gasteiger partial charge is 0.257 e. The van der Waals surface area contributed by atoms with Crippen LogP contribution >= 0.6 is 22.9 Å². The van der Waals surface area contributed by atoms with Crippen LogP contribution in [0, 0.1) is 0 Å². The van der Waals surface area contributed by atoms with Crippen LogP contribution < -0.4 is 5.32 Å². The number of carbonyl (C=O) groups excluding carboxylic acids is 1. The first-order valence-electron chi connectivity index (χ1n) is 7.79. The Morgan fingerprint density at radius 2 is 1.83 bits per heavy atom. The summed E-state index contributed by atoms with van der Waals surface area (Å²) in [5.41, 5.74) is 2.59. The van der Waals surface area contributed by atoms with Gasteiger partial charge in [0.1, 0.15) is 0 Å². The van der Waals surface area contributed by atoms with Crippen molar-refractivity contribution in [2.75, 3.05) is 5.32 Å². The van der Waals surface area contributed by atoms with Gasteiger partial charge in [-0.05, 0) is 30.7 Å². The molecule has 3 aromatic rings. The Labute approximate surface area is 150 Å².